The Kier molecular flexibility index (Phi) is 3.58. The van der Waals surface area contributed by atoms with Crippen LogP contribution in [0.1, 0.15) is 11.7 Å². The topological polar surface area (TPSA) is 54.6 Å². The zero-order chi connectivity index (χ0) is 11.4. The number of aromatic nitrogens is 1. The predicted molar refractivity (Wildman–Crippen MR) is 57.9 cm³/mol. The average Bonchev–Trinajstić information content (AvgIpc) is 2.84. The van der Waals surface area contributed by atoms with Crippen LogP contribution in [0.3, 0.4) is 0 Å². The van der Waals surface area contributed by atoms with Gasteiger partial charge < -0.3 is 14.5 Å². The summed E-state index contributed by atoms with van der Waals surface area (Å²) in [5.74, 6) is -0.232. The molecule has 0 aliphatic carbocycles. The lowest BCUT2D eigenvalue weighted by atomic mass is 10.1. The third kappa shape index (κ3) is 2.25. The molecule has 0 aromatic carbocycles. The Labute approximate surface area is 94.3 Å². The van der Waals surface area contributed by atoms with Gasteiger partial charge in [0.2, 0.25) is 0 Å². The molecule has 16 heavy (non-hydrogen) atoms. The summed E-state index contributed by atoms with van der Waals surface area (Å²) >= 11 is 0. The van der Waals surface area contributed by atoms with E-state index in [9.17, 15) is 4.79 Å². The van der Waals surface area contributed by atoms with E-state index in [1.165, 1.54) is 7.11 Å². The van der Waals surface area contributed by atoms with Crippen molar-refractivity contribution in [2.75, 3.05) is 33.4 Å². The first kappa shape index (κ1) is 11.2. The summed E-state index contributed by atoms with van der Waals surface area (Å²) in [5.41, 5.74) is 0.869. The van der Waals surface area contributed by atoms with Crippen LogP contribution in [-0.4, -0.2) is 49.3 Å². The van der Waals surface area contributed by atoms with Crippen LogP contribution in [0, 0.1) is 0 Å². The second-order valence-electron chi connectivity index (χ2n) is 3.70. The lowest BCUT2D eigenvalue weighted by Gasteiger charge is -2.32. The predicted octanol–water partition coefficient (Wildman–Crippen LogP) is 0.561. The van der Waals surface area contributed by atoms with Gasteiger partial charge >= 0.3 is 5.97 Å². The highest BCUT2D eigenvalue weighted by atomic mass is 16.5. The molecule has 0 saturated carbocycles. The molecule has 0 amide bonds. The molecule has 1 saturated heterocycles. The van der Waals surface area contributed by atoms with Crippen molar-refractivity contribution in [1.82, 2.24) is 9.88 Å². The van der Waals surface area contributed by atoms with Crippen molar-refractivity contribution < 1.29 is 14.3 Å². The van der Waals surface area contributed by atoms with Gasteiger partial charge in [0.25, 0.3) is 0 Å². The second-order valence-corrected chi connectivity index (χ2v) is 3.70. The van der Waals surface area contributed by atoms with E-state index in [4.69, 9.17) is 9.47 Å². The molecule has 1 N–H and O–H groups in total. The van der Waals surface area contributed by atoms with Gasteiger partial charge in [0.15, 0.2) is 0 Å². The highest BCUT2D eigenvalue weighted by molar-refractivity contribution is 5.77. The number of carbonyl (C=O) groups is 1. The van der Waals surface area contributed by atoms with Crippen molar-refractivity contribution in [3.63, 3.8) is 0 Å². The molecule has 2 heterocycles. The molecule has 5 nitrogen and oxygen atoms in total. The Balaban J connectivity index is 2.17. The van der Waals surface area contributed by atoms with Crippen molar-refractivity contribution in [3.05, 3.63) is 24.0 Å². The Morgan fingerprint density at radius 3 is 2.88 bits per heavy atom. The highest BCUT2D eigenvalue weighted by Gasteiger charge is 2.30. The van der Waals surface area contributed by atoms with E-state index < -0.39 is 0 Å². The minimum Gasteiger partial charge on any atom is -0.468 e. The number of ether oxygens (including phenoxy) is 2. The van der Waals surface area contributed by atoms with Crippen molar-refractivity contribution in [2.45, 2.75) is 6.04 Å². The fourth-order valence-electron chi connectivity index (χ4n) is 1.93. The third-order valence-corrected chi connectivity index (χ3v) is 2.75. The van der Waals surface area contributed by atoms with Crippen LogP contribution >= 0.6 is 0 Å². The van der Waals surface area contributed by atoms with E-state index in [-0.39, 0.29) is 12.0 Å². The maximum atomic E-state index is 11.8. The third-order valence-electron chi connectivity index (χ3n) is 2.75. The van der Waals surface area contributed by atoms with Crippen molar-refractivity contribution >= 4 is 5.97 Å². The second kappa shape index (κ2) is 5.14. The minimum absolute atomic E-state index is 0.232. The zero-order valence-electron chi connectivity index (χ0n) is 9.31. The molecule has 1 unspecified atom stereocenters. The van der Waals surface area contributed by atoms with Crippen LogP contribution in [-0.2, 0) is 14.3 Å². The van der Waals surface area contributed by atoms with Crippen LogP contribution in [0.15, 0.2) is 18.3 Å². The highest BCUT2D eigenvalue weighted by Crippen LogP contribution is 2.21. The summed E-state index contributed by atoms with van der Waals surface area (Å²) in [6.07, 6.45) is 1.81. The average molecular weight is 224 g/mol. The number of nitrogens with one attached hydrogen (secondary N) is 1. The molecule has 5 heteroatoms. The van der Waals surface area contributed by atoms with Crippen molar-refractivity contribution in [2.24, 2.45) is 0 Å². The summed E-state index contributed by atoms with van der Waals surface area (Å²) < 4.78 is 10.1. The first-order valence-corrected chi connectivity index (χ1v) is 5.36. The van der Waals surface area contributed by atoms with Gasteiger partial charge in [-0.2, -0.15) is 0 Å². The maximum Gasteiger partial charge on any atom is 0.329 e. The Hall–Kier alpha value is -1.33. The number of methoxy groups -OCH3 is 1. The molecule has 0 spiro atoms. The summed E-state index contributed by atoms with van der Waals surface area (Å²) in [5, 5.41) is 0. The van der Waals surface area contributed by atoms with Crippen molar-refractivity contribution in [1.29, 1.82) is 0 Å². The molecule has 1 aromatic rings. The van der Waals surface area contributed by atoms with Gasteiger partial charge in [-0.3, -0.25) is 4.90 Å². The van der Waals surface area contributed by atoms with Gasteiger partial charge in [-0.05, 0) is 12.1 Å². The van der Waals surface area contributed by atoms with Crippen LogP contribution in [0.4, 0.5) is 0 Å². The Morgan fingerprint density at radius 2 is 2.31 bits per heavy atom. The fraction of sp³-hybridized carbons (Fsp3) is 0.545. The molecule has 1 aliphatic rings. The van der Waals surface area contributed by atoms with Crippen LogP contribution in [0.5, 0.6) is 0 Å². The van der Waals surface area contributed by atoms with E-state index >= 15 is 0 Å². The maximum absolute atomic E-state index is 11.8. The van der Waals surface area contributed by atoms with Crippen molar-refractivity contribution in [3.8, 4) is 0 Å². The van der Waals surface area contributed by atoms with Gasteiger partial charge in [0, 0.05) is 25.0 Å². The molecule has 1 aliphatic heterocycles. The number of H-pyrrole nitrogens is 1. The van der Waals surface area contributed by atoms with Gasteiger partial charge in [-0.15, -0.1) is 0 Å². The fourth-order valence-corrected chi connectivity index (χ4v) is 1.93. The Bertz CT molecular complexity index is 331. The quantitative estimate of drug-likeness (QED) is 0.762. The van der Waals surface area contributed by atoms with Gasteiger partial charge in [-0.25, -0.2) is 4.79 Å². The number of rotatable bonds is 3. The largest absolute Gasteiger partial charge is 0.468 e. The number of hydrogen-bond acceptors (Lipinski definition) is 4. The molecule has 0 radical (unpaired) electrons. The van der Waals surface area contributed by atoms with Crippen LogP contribution < -0.4 is 0 Å². The van der Waals surface area contributed by atoms with Gasteiger partial charge in [0.1, 0.15) is 6.04 Å². The van der Waals surface area contributed by atoms with E-state index in [2.05, 4.69) is 9.88 Å². The SMILES string of the molecule is COC(=O)C(c1ccc[nH]1)N1CCOCC1. The molecule has 0 bridgehead atoms. The van der Waals surface area contributed by atoms with E-state index in [0.717, 1.165) is 18.8 Å². The summed E-state index contributed by atoms with van der Waals surface area (Å²) in [4.78, 5) is 16.9. The number of hydrogen-bond donors (Lipinski definition) is 1. The van der Waals surface area contributed by atoms with Crippen LogP contribution in [0.25, 0.3) is 0 Å². The van der Waals surface area contributed by atoms with E-state index in [1.807, 2.05) is 18.3 Å². The minimum atomic E-state index is -0.344. The summed E-state index contributed by atoms with van der Waals surface area (Å²) in [7, 11) is 1.42. The number of carbonyl (C=O) groups excluding carboxylic acids is 1. The molecule has 1 atom stereocenters. The molecular weight excluding hydrogens is 208 g/mol. The normalized spacial score (nSPS) is 19.3. The lowest BCUT2D eigenvalue weighted by Crippen LogP contribution is -2.42. The first-order valence-electron chi connectivity index (χ1n) is 5.36. The van der Waals surface area contributed by atoms with Gasteiger partial charge in [-0.1, -0.05) is 0 Å². The summed E-state index contributed by atoms with van der Waals surface area (Å²) in [6, 6.07) is 3.44. The lowest BCUT2D eigenvalue weighted by molar-refractivity contribution is -0.149. The molecular formula is C11H16N2O3. The number of nitrogens with zero attached hydrogens (tertiary/aromatic N) is 1. The molecule has 1 aromatic heterocycles. The standard InChI is InChI=1S/C11H16N2O3/c1-15-11(14)10(9-3-2-4-12-9)13-5-7-16-8-6-13/h2-4,10,12H,5-8H2,1H3. The van der Waals surface area contributed by atoms with Gasteiger partial charge in [0.05, 0.1) is 20.3 Å². The number of morpholine rings is 1. The zero-order valence-corrected chi connectivity index (χ0v) is 9.31. The number of esters is 1. The molecule has 2 rings (SSSR count). The monoisotopic (exact) mass is 224 g/mol. The summed E-state index contributed by atoms with van der Waals surface area (Å²) in [6.45, 7) is 2.82. The van der Waals surface area contributed by atoms with Crippen LogP contribution in [0.2, 0.25) is 0 Å². The first-order chi connectivity index (χ1) is 7.83. The Morgan fingerprint density at radius 1 is 1.56 bits per heavy atom. The smallest absolute Gasteiger partial charge is 0.329 e. The molecule has 1 fully saturated rings. The number of aromatic amines is 1. The van der Waals surface area contributed by atoms with E-state index in [1.54, 1.807) is 0 Å². The van der Waals surface area contributed by atoms with E-state index in [0.29, 0.717) is 13.2 Å². The molecule has 88 valence electrons.